The highest BCUT2D eigenvalue weighted by atomic mass is 16.5. The Kier molecular flexibility index (Phi) is 2.84. The molecule has 1 N–H and O–H groups in total. The molecule has 64 valence electrons. The lowest BCUT2D eigenvalue weighted by Gasteiger charge is -2.30. The third kappa shape index (κ3) is 2.17. The highest BCUT2D eigenvalue weighted by molar-refractivity contribution is 5.77. The van der Waals surface area contributed by atoms with E-state index in [1.807, 2.05) is 6.92 Å². The molecule has 0 aliphatic carbocycles. The second-order valence-electron chi connectivity index (χ2n) is 2.68. The second-order valence-corrected chi connectivity index (χ2v) is 2.68. The van der Waals surface area contributed by atoms with Crippen LogP contribution in [-0.4, -0.2) is 48.3 Å². The molecule has 1 rings (SSSR count). The van der Waals surface area contributed by atoms with E-state index in [9.17, 15) is 4.79 Å². The number of rotatable bonds is 1. The maximum absolute atomic E-state index is 10.9. The Morgan fingerprint density at radius 1 is 1.82 bits per heavy atom. The number of hydrogen-bond donors (Lipinski definition) is 1. The maximum atomic E-state index is 10.9. The Morgan fingerprint density at radius 2 is 2.55 bits per heavy atom. The summed E-state index contributed by atoms with van der Waals surface area (Å²) in [6.07, 6.45) is 0.0965. The summed E-state index contributed by atoms with van der Waals surface area (Å²) in [4.78, 5) is 12.6. The highest BCUT2D eigenvalue weighted by Gasteiger charge is 2.19. The van der Waals surface area contributed by atoms with Gasteiger partial charge in [-0.3, -0.25) is 4.79 Å². The Balaban J connectivity index is 2.39. The third-order valence-electron chi connectivity index (χ3n) is 1.73. The summed E-state index contributed by atoms with van der Waals surface area (Å²) in [6.45, 7) is 3.29. The molecule has 4 heteroatoms. The Bertz CT molecular complexity index is 149. The van der Waals surface area contributed by atoms with E-state index in [1.54, 1.807) is 4.90 Å². The lowest BCUT2D eigenvalue weighted by Crippen LogP contribution is -2.45. The Hall–Kier alpha value is -0.610. The van der Waals surface area contributed by atoms with Crippen LogP contribution < -0.4 is 0 Å². The summed E-state index contributed by atoms with van der Waals surface area (Å²) in [5.74, 6) is -0.208. The molecule has 0 bridgehead atoms. The molecule has 11 heavy (non-hydrogen) atoms. The van der Waals surface area contributed by atoms with Crippen molar-refractivity contribution in [2.24, 2.45) is 0 Å². The van der Waals surface area contributed by atoms with Crippen molar-refractivity contribution in [3.63, 3.8) is 0 Å². The van der Waals surface area contributed by atoms with Crippen LogP contribution in [0.25, 0.3) is 0 Å². The summed E-state index contributed by atoms with van der Waals surface area (Å²) < 4.78 is 5.23. The number of ether oxygens (including phenoxy) is 1. The summed E-state index contributed by atoms with van der Waals surface area (Å²) in [5, 5.41) is 8.54. The average molecular weight is 159 g/mol. The van der Waals surface area contributed by atoms with E-state index in [1.165, 1.54) is 0 Å². The molecule has 0 saturated carbocycles. The smallest absolute Gasteiger partial charge is 0.248 e. The lowest BCUT2D eigenvalue weighted by molar-refractivity contribution is -0.141. The molecule has 1 saturated heterocycles. The molecular formula is C7H13NO3. The van der Waals surface area contributed by atoms with Crippen LogP contribution in [0.1, 0.15) is 6.92 Å². The second kappa shape index (κ2) is 3.69. The summed E-state index contributed by atoms with van der Waals surface area (Å²) in [7, 11) is 0. The standard InChI is InChI=1S/C7H13NO3/c1-6-4-8(2-3-11-6)7(10)5-9/h6,9H,2-5H2,1H3. The molecule has 4 nitrogen and oxygen atoms in total. The van der Waals surface area contributed by atoms with Gasteiger partial charge in [-0.25, -0.2) is 0 Å². The monoisotopic (exact) mass is 159 g/mol. The van der Waals surface area contributed by atoms with Gasteiger partial charge < -0.3 is 14.7 Å². The molecule has 0 spiro atoms. The van der Waals surface area contributed by atoms with Crippen LogP contribution in [0.5, 0.6) is 0 Å². The molecule has 1 aliphatic rings. The van der Waals surface area contributed by atoms with Crippen molar-refractivity contribution in [3.05, 3.63) is 0 Å². The van der Waals surface area contributed by atoms with Crippen LogP contribution in [-0.2, 0) is 9.53 Å². The van der Waals surface area contributed by atoms with Gasteiger partial charge in [0, 0.05) is 13.1 Å². The molecule has 1 atom stereocenters. The van der Waals surface area contributed by atoms with E-state index in [2.05, 4.69) is 0 Å². The topological polar surface area (TPSA) is 49.8 Å². The van der Waals surface area contributed by atoms with Gasteiger partial charge in [0.1, 0.15) is 6.61 Å². The molecule has 1 aliphatic heterocycles. The molecule has 1 fully saturated rings. The lowest BCUT2D eigenvalue weighted by atomic mass is 10.3. The van der Waals surface area contributed by atoms with Gasteiger partial charge in [-0.05, 0) is 6.92 Å². The molecule has 0 aromatic carbocycles. The van der Waals surface area contributed by atoms with Gasteiger partial charge in [0.25, 0.3) is 0 Å². The van der Waals surface area contributed by atoms with Gasteiger partial charge in [-0.1, -0.05) is 0 Å². The molecule has 0 aromatic heterocycles. The van der Waals surface area contributed by atoms with Crippen molar-refractivity contribution in [1.82, 2.24) is 4.90 Å². The van der Waals surface area contributed by atoms with Gasteiger partial charge in [0.2, 0.25) is 5.91 Å². The van der Waals surface area contributed by atoms with Gasteiger partial charge in [0.05, 0.1) is 12.7 Å². The normalized spacial score (nSPS) is 25.3. The fourth-order valence-electron chi connectivity index (χ4n) is 1.14. The minimum Gasteiger partial charge on any atom is -0.387 e. The van der Waals surface area contributed by atoms with E-state index in [0.717, 1.165) is 0 Å². The summed E-state index contributed by atoms with van der Waals surface area (Å²) in [6, 6.07) is 0. The maximum Gasteiger partial charge on any atom is 0.248 e. The number of carbonyl (C=O) groups excluding carboxylic acids is 1. The fourth-order valence-corrected chi connectivity index (χ4v) is 1.14. The van der Waals surface area contributed by atoms with E-state index >= 15 is 0 Å². The number of hydrogen-bond acceptors (Lipinski definition) is 3. The van der Waals surface area contributed by atoms with E-state index < -0.39 is 6.61 Å². The molecular weight excluding hydrogens is 146 g/mol. The van der Waals surface area contributed by atoms with Gasteiger partial charge in [-0.2, -0.15) is 0 Å². The average Bonchev–Trinajstić information content (AvgIpc) is 2.03. The molecule has 1 unspecified atom stereocenters. The number of carbonyl (C=O) groups is 1. The number of aliphatic hydroxyl groups is 1. The van der Waals surface area contributed by atoms with Gasteiger partial charge in [-0.15, -0.1) is 0 Å². The summed E-state index contributed by atoms with van der Waals surface area (Å²) in [5.41, 5.74) is 0. The van der Waals surface area contributed by atoms with Crippen LogP contribution in [0.3, 0.4) is 0 Å². The number of nitrogens with zero attached hydrogens (tertiary/aromatic N) is 1. The molecule has 1 heterocycles. The van der Waals surface area contributed by atoms with Gasteiger partial charge in [0.15, 0.2) is 0 Å². The Morgan fingerprint density at radius 3 is 3.09 bits per heavy atom. The van der Waals surface area contributed by atoms with Crippen molar-refractivity contribution < 1.29 is 14.6 Å². The van der Waals surface area contributed by atoms with Gasteiger partial charge >= 0.3 is 0 Å². The summed E-state index contributed by atoms with van der Waals surface area (Å²) >= 11 is 0. The van der Waals surface area contributed by atoms with E-state index in [-0.39, 0.29) is 12.0 Å². The van der Waals surface area contributed by atoms with Crippen LogP contribution in [0, 0.1) is 0 Å². The highest BCUT2D eigenvalue weighted by Crippen LogP contribution is 2.03. The van der Waals surface area contributed by atoms with Crippen molar-refractivity contribution in [3.8, 4) is 0 Å². The Labute approximate surface area is 65.8 Å². The quantitative estimate of drug-likeness (QED) is 0.546. The number of morpholine rings is 1. The number of aliphatic hydroxyl groups excluding tert-OH is 1. The predicted octanol–water partition coefficient (Wildman–Crippen LogP) is -0.774. The zero-order chi connectivity index (χ0) is 8.27. The van der Waals surface area contributed by atoms with Crippen LogP contribution in [0.2, 0.25) is 0 Å². The van der Waals surface area contributed by atoms with Crippen LogP contribution in [0.4, 0.5) is 0 Å². The molecule has 0 aromatic rings. The minimum absolute atomic E-state index is 0.0965. The first-order valence-electron chi connectivity index (χ1n) is 3.74. The molecule has 1 amide bonds. The van der Waals surface area contributed by atoms with Crippen LogP contribution >= 0.6 is 0 Å². The van der Waals surface area contributed by atoms with Crippen molar-refractivity contribution in [2.45, 2.75) is 13.0 Å². The first kappa shape index (κ1) is 8.49. The first-order chi connectivity index (χ1) is 5.24. The predicted molar refractivity (Wildman–Crippen MR) is 39.1 cm³/mol. The SMILES string of the molecule is CC1CN(C(=O)CO)CCO1. The molecule has 0 radical (unpaired) electrons. The first-order valence-corrected chi connectivity index (χ1v) is 3.74. The largest absolute Gasteiger partial charge is 0.387 e. The van der Waals surface area contributed by atoms with Crippen molar-refractivity contribution in [2.75, 3.05) is 26.3 Å². The van der Waals surface area contributed by atoms with E-state index in [0.29, 0.717) is 19.7 Å². The fraction of sp³-hybridized carbons (Fsp3) is 0.857. The minimum atomic E-state index is -0.396. The van der Waals surface area contributed by atoms with Crippen molar-refractivity contribution >= 4 is 5.91 Å². The third-order valence-corrected chi connectivity index (χ3v) is 1.73. The number of amides is 1. The van der Waals surface area contributed by atoms with E-state index in [4.69, 9.17) is 9.84 Å². The van der Waals surface area contributed by atoms with Crippen LogP contribution in [0.15, 0.2) is 0 Å². The zero-order valence-corrected chi connectivity index (χ0v) is 6.62. The van der Waals surface area contributed by atoms with Crippen molar-refractivity contribution in [1.29, 1.82) is 0 Å². The zero-order valence-electron chi connectivity index (χ0n) is 6.62.